The Balaban J connectivity index is 0.000000344. The van der Waals surface area contributed by atoms with Crippen LogP contribution < -0.4 is 4.74 Å². The van der Waals surface area contributed by atoms with Crippen LogP contribution in [0.1, 0.15) is 26.3 Å². The summed E-state index contributed by atoms with van der Waals surface area (Å²) in [7, 11) is 0. The van der Waals surface area contributed by atoms with Crippen molar-refractivity contribution in [2.24, 2.45) is 0 Å². The summed E-state index contributed by atoms with van der Waals surface area (Å²) in [5.41, 5.74) is 1.51. The average molecular weight is 334 g/mol. The van der Waals surface area contributed by atoms with Crippen LogP contribution in [0.2, 0.25) is 0 Å². The molecule has 114 valence electrons. The molecule has 2 saturated carbocycles. The maximum Gasteiger partial charge on any atom is 2.00 e. The van der Waals surface area contributed by atoms with Gasteiger partial charge in [0.15, 0.2) is 6.10 Å². The first-order valence-corrected chi connectivity index (χ1v) is 7.22. The average Bonchev–Trinajstić information content (AvgIpc) is 3.14. The second-order valence-corrected chi connectivity index (χ2v) is 5.96. The molecule has 1 aromatic rings. The van der Waals surface area contributed by atoms with Gasteiger partial charge in [0.1, 0.15) is 5.75 Å². The molecule has 3 rings (SSSR count). The topological polar surface area (TPSA) is 9.23 Å². The normalized spacial score (nSPS) is 18.3. The van der Waals surface area contributed by atoms with Crippen LogP contribution in [0, 0.1) is 63.9 Å². The van der Waals surface area contributed by atoms with Crippen molar-refractivity contribution < 1.29 is 21.8 Å². The summed E-state index contributed by atoms with van der Waals surface area (Å²) in [6.45, 7) is 6.63. The van der Waals surface area contributed by atoms with Gasteiger partial charge >= 0.3 is 17.1 Å². The molecule has 2 aliphatic rings. The van der Waals surface area contributed by atoms with E-state index in [4.69, 9.17) is 4.74 Å². The molecular weight excluding hydrogens is 312 g/mol. The van der Waals surface area contributed by atoms with Crippen molar-refractivity contribution in [3.05, 3.63) is 93.7 Å². The summed E-state index contributed by atoms with van der Waals surface area (Å²) in [5.74, 6) is 0.888. The number of rotatable bonds is 2. The molecule has 0 N–H and O–H groups in total. The Kier molecular flexibility index (Phi) is 8.57. The van der Waals surface area contributed by atoms with E-state index in [9.17, 15) is 0 Å². The fraction of sp³-hybridized carbons (Fsp3) is 0.200. The third kappa shape index (κ3) is 6.75. The molecule has 1 aromatic carbocycles. The molecular formula is C20H22FeO+2. The van der Waals surface area contributed by atoms with Crippen molar-refractivity contribution in [2.75, 3.05) is 0 Å². The summed E-state index contributed by atoms with van der Waals surface area (Å²) in [4.78, 5) is 0. The maximum absolute atomic E-state index is 5.69. The van der Waals surface area contributed by atoms with Crippen LogP contribution in [0.25, 0.3) is 0 Å². The molecule has 2 aliphatic carbocycles. The molecule has 10 radical (unpaired) electrons. The van der Waals surface area contributed by atoms with Gasteiger partial charge in [-0.2, -0.15) is 0 Å². The predicted molar refractivity (Wildman–Crippen MR) is 87.7 cm³/mol. The van der Waals surface area contributed by atoms with Gasteiger partial charge in [0.25, 0.3) is 0 Å². The largest absolute Gasteiger partial charge is 2.00 e. The quantitative estimate of drug-likeness (QED) is 0.710. The molecule has 0 aromatic heterocycles. The van der Waals surface area contributed by atoms with Crippen LogP contribution in [-0.2, 0) is 22.5 Å². The third-order valence-corrected chi connectivity index (χ3v) is 3.14. The number of hydrogen-bond donors (Lipinski definition) is 0. The van der Waals surface area contributed by atoms with Crippen molar-refractivity contribution in [1.82, 2.24) is 0 Å². The Morgan fingerprint density at radius 1 is 0.682 bits per heavy atom. The SMILES string of the molecule is CC(C)(C)c1ccc(O[C]2[CH][CH][CH][CH]2)cc1.[CH]1[CH][CH][CH][CH]1.[Fe+2]. The molecule has 0 unspecified atom stereocenters. The van der Waals surface area contributed by atoms with Crippen molar-refractivity contribution in [3.8, 4) is 5.75 Å². The van der Waals surface area contributed by atoms with Crippen LogP contribution in [0.4, 0.5) is 0 Å². The minimum Gasteiger partial charge on any atom is -0.482 e. The van der Waals surface area contributed by atoms with E-state index in [0.29, 0.717) is 0 Å². The Hall–Kier alpha value is -0.461. The first kappa shape index (κ1) is 19.6. The molecule has 0 atom stereocenters. The van der Waals surface area contributed by atoms with Crippen molar-refractivity contribution in [3.63, 3.8) is 0 Å². The molecule has 0 heterocycles. The van der Waals surface area contributed by atoms with E-state index in [1.54, 1.807) is 0 Å². The zero-order chi connectivity index (χ0) is 15.1. The van der Waals surface area contributed by atoms with E-state index >= 15 is 0 Å². The molecule has 2 fully saturated rings. The molecule has 0 saturated heterocycles. The second-order valence-electron chi connectivity index (χ2n) is 5.96. The zero-order valence-corrected chi connectivity index (χ0v) is 14.4. The standard InChI is InChI=1S/C15H17O.C5H5.Fe/c1-15(2,3)12-8-10-14(11-9-12)16-13-6-4-5-7-13;1-2-4-5-3-1;/h4-11H,1-3H3;1-5H;/q;;+2. The predicted octanol–water partition coefficient (Wildman–Crippen LogP) is 4.74. The van der Waals surface area contributed by atoms with Crippen LogP contribution in [0.15, 0.2) is 24.3 Å². The first-order chi connectivity index (χ1) is 10.1. The molecule has 0 spiro atoms. The fourth-order valence-corrected chi connectivity index (χ4v) is 1.90. The smallest absolute Gasteiger partial charge is 0.482 e. The summed E-state index contributed by atoms with van der Waals surface area (Å²) in [6, 6.07) is 8.29. The number of hydrogen-bond acceptors (Lipinski definition) is 1. The van der Waals surface area contributed by atoms with E-state index in [1.807, 2.05) is 69.9 Å². The van der Waals surface area contributed by atoms with E-state index in [1.165, 1.54) is 5.56 Å². The number of ether oxygens (including phenoxy) is 1. The van der Waals surface area contributed by atoms with E-state index < -0.39 is 0 Å². The van der Waals surface area contributed by atoms with Gasteiger partial charge in [-0.25, -0.2) is 0 Å². The minimum absolute atomic E-state index is 0. The van der Waals surface area contributed by atoms with E-state index in [0.717, 1.165) is 11.9 Å². The maximum atomic E-state index is 5.69. The molecule has 1 nitrogen and oxygen atoms in total. The van der Waals surface area contributed by atoms with Gasteiger partial charge in [-0.1, -0.05) is 32.9 Å². The molecule has 0 amide bonds. The van der Waals surface area contributed by atoms with Crippen LogP contribution in [0.3, 0.4) is 0 Å². The van der Waals surface area contributed by atoms with Crippen molar-refractivity contribution in [1.29, 1.82) is 0 Å². The first-order valence-electron chi connectivity index (χ1n) is 7.22. The van der Waals surface area contributed by atoms with Gasteiger partial charge in [-0.15, -0.1) is 0 Å². The van der Waals surface area contributed by atoms with Gasteiger partial charge in [0.05, 0.1) is 0 Å². The van der Waals surface area contributed by atoms with Crippen LogP contribution >= 0.6 is 0 Å². The van der Waals surface area contributed by atoms with Crippen molar-refractivity contribution in [2.45, 2.75) is 26.2 Å². The van der Waals surface area contributed by atoms with Gasteiger partial charge < -0.3 is 4.74 Å². The van der Waals surface area contributed by atoms with Gasteiger partial charge in [0.2, 0.25) is 0 Å². The van der Waals surface area contributed by atoms with E-state index in [2.05, 4.69) is 32.9 Å². The van der Waals surface area contributed by atoms with Gasteiger partial charge in [0, 0.05) is 12.8 Å². The Morgan fingerprint density at radius 2 is 1.14 bits per heavy atom. The number of benzene rings is 1. The molecule has 0 bridgehead atoms. The molecule has 2 heteroatoms. The molecule has 0 aliphatic heterocycles. The van der Waals surface area contributed by atoms with Crippen LogP contribution in [0.5, 0.6) is 5.75 Å². The second kappa shape index (κ2) is 9.63. The Bertz CT molecular complexity index is 387. The Morgan fingerprint density at radius 3 is 1.55 bits per heavy atom. The summed E-state index contributed by atoms with van der Waals surface area (Å²) < 4.78 is 5.69. The molecule has 22 heavy (non-hydrogen) atoms. The van der Waals surface area contributed by atoms with Gasteiger partial charge in [-0.05, 0) is 68.1 Å². The van der Waals surface area contributed by atoms with E-state index in [-0.39, 0.29) is 22.5 Å². The third-order valence-electron chi connectivity index (χ3n) is 3.14. The summed E-state index contributed by atoms with van der Waals surface area (Å²) in [6.07, 6.45) is 18.7. The minimum atomic E-state index is 0. The fourth-order valence-electron chi connectivity index (χ4n) is 1.90. The summed E-state index contributed by atoms with van der Waals surface area (Å²) in [5, 5.41) is 0. The summed E-state index contributed by atoms with van der Waals surface area (Å²) >= 11 is 0. The monoisotopic (exact) mass is 334 g/mol. The van der Waals surface area contributed by atoms with Crippen molar-refractivity contribution >= 4 is 0 Å². The zero-order valence-electron chi connectivity index (χ0n) is 13.3. The van der Waals surface area contributed by atoms with Gasteiger partial charge in [-0.3, -0.25) is 0 Å². The Labute approximate surface area is 147 Å². The van der Waals surface area contributed by atoms with Crippen LogP contribution in [-0.4, -0.2) is 0 Å².